The third-order valence-electron chi connectivity index (χ3n) is 4.79. The molecule has 2 aromatic carbocycles. The van der Waals surface area contributed by atoms with Gasteiger partial charge in [0.05, 0.1) is 28.0 Å². The molecule has 7 nitrogen and oxygen atoms in total. The molecule has 0 aliphatic carbocycles. The van der Waals surface area contributed by atoms with Crippen LogP contribution in [0.25, 0.3) is 10.2 Å². The van der Waals surface area contributed by atoms with Crippen LogP contribution in [0.5, 0.6) is 5.75 Å². The van der Waals surface area contributed by atoms with Crippen molar-refractivity contribution in [2.75, 3.05) is 44.9 Å². The van der Waals surface area contributed by atoms with E-state index in [0.29, 0.717) is 18.2 Å². The molecule has 0 aliphatic heterocycles. The summed E-state index contributed by atoms with van der Waals surface area (Å²) in [5.74, 6) is 0.539. The monoisotopic (exact) mass is 461 g/mol. The number of sulfone groups is 1. The van der Waals surface area contributed by atoms with Crippen molar-refractivity contribution in [3.63, 3.8) is 0 Å². The van der Waals surface area contributed by atoms with Crippen molar-refractivity contribution < 1.29 is 17.9 Å². The number of thiazole rings is 1. The second kappa shape index (κ2) is 10.2. The first-order valence-electron chi connectivity index (χ1n) is 9.97. The predicted octanol–water partition coefficient (Wildman–Crippen LogP) is 3.45. The highest BCUT2D eigenvalue weighted by molar-refractivity contribution is 7.91. The van der Waals surface area contributed by atoms with Crippen molar-refractivity contribution >= 4 is 42.4 Å². The number of carbonyl (C=O) groups is 1. The molecule has 1 heterocycles. The number of hydrogen-bond donors (Lipinski definition) is 0. The van der Waals surface area contributed by atoms with E-state index in [4.69, 9.17) is 4.74 Å². The topological polar surface area (TPSA) is 79.8 Å². The van der Waals surface area contributed by atoms with Crippen LogP contribution < -0.4 is 9.64 Å². The number of benzene rings is 2. The summed E-state index contributed by atoms with van der Waals surface area (Å²) in [5, 5.41) is 0.612. The zero-order chi connectivity index (χ0) is 22.4. The summed E-state index contributed by atoms with van der Waals surface area (Å²) in [4.78, 5) is 21.6. The minimum Gasteiger partial charge on any atom is -0.497 e. The van der Waals surface area contributed by atoms with E-state index < -0.39 is 9.84 Å². The molecule has 0 atom stereocenters. The Labute approximate surface area is 187 Å². The Kier molecular flexibility index (Phi) is 7.64. The minimum atomic E-state index is -3.41. The third-order valence-corrected chi connectivity index (χ3v) is 7.65. The van der Waals surface area contributed by atoms with Gasteiger partial charge in [-0.2, -0.15) is 0 Å². The number of hydrogen-bond acceptors (Lipinski definition) is 7. The molecule has 0 radical (unpaired) electrons. The molecule has 3 aromatic rings. The minimum absolute atomic E-state index is 0.0681. The van der Waals surface area contributed by atoms with E-state index in [1.54, 1.807) is 42.3 Å². The van der Waals surface area contributed by atoms with E-state index >= 15 is 0 Å². The molecule has 166 valence electrons. The second-order valence-electron chi connectivity index (χ2n) is 7.41. The molecular formula is C22H27N3O4S2. The fourth-order valence-electron chi connectivity index (χ4n) is 3.06. The molecule has 0 fully saturated rings. The Bertz CT molecular complexity index is 1130. The van der Waals surface area contributed by atoms with Gasteiger partial charge in [0.2, 0.25) is 5.91 Å². The predicted molar refractivity (Wildman–Crippen MR) is 125 cm³/mol. The largest absolute Gasteiger partial charge is 0.497 e. The van der Waals surface area contributed by atoms with Gasteiger partial charge in [0.25, 0.3) is 0 Å². The zero-order valence-electron chi connectivity index (χ0n) is 17.9. The molecule has 0 unspecified atom stereocenters. The Morgan fingerprint density at radius 1 is 1.10 bits per heavy atom. The van der Waals surface area contributed by atoms with Gasteiger partial charge < -0.3 is 9.64 Å². The normalized spacial score (nSPS) is 11.7. The summed E-state index contributed by atoms with van der Waals surface area (Å²) in [6, 6.07) is 13.9. The number of anilines is 1. The van der Waals surface area contributed by atoms with Crippen molar-refractivity contribution in [2.45, 2.75) is 17.7 Å². The molecule has 0 N–H and O–H groups in total. The molecule has 31 heavy (non-hydrogen) atoms. The van der Waals surface area contributed by atoms with Crippen LogP contribution in [0.4, 0.5) is 5.13 Å². The summed E-state index contributed by atoms with van der Waals surface area (Å²) in [5.41, 5.74) is 0.801. The molecule has 1 aromatic heterocycles. The zero-order valence-corrected chi connectivity index (χ0v) is 19.6. The molecule has 0 bridgehead atoms. The number of amides is 1. The summed E-state index contributed by atoms with van der Waals surface area (Å²) >= 11 is 1.43. The SMILES string of the molecule is COc1ccc2nc(N(CCN(C)C)C(=O)CCCS(=O)(=O)c3ccccc3)sc2c1. The lowest BCUT2D eigenvalue weighted by Gasteiger charge is -2.22. The Morgan fingerprint density at radius 3 is 2.52 bits per heavy atom. The van der Waals surface area contributed by atoms with Crippen molar-refractivity contribution in [3.05, 3.63) is 48.5 Å². The molecular weight excluding hydrogens is 434 g/mol. The number of nitrogens with zero attached hydrogens (tertiary/aromatic N) is 3. The average Bonchev–Trinajstić information content (AvgIpc) is 3.17. The molecule has 0 aliphatic rings. The van der Waals surface area contributed by atoms with E-state index in [9.17, 15) is 13.2 Å². The van der Waals surface area contributed by atoms with Gasteiger partial charge in [-0.25, -0.2) is 13.4 Å². The van der Waals surface area contributed by atoms with Crippen molar-refractivity contribution in [1.29, 1.82) is 0 Å². The van der Waals surface area contributed by atoms with Gasteiger partial charge in [-0.05, 0) is 50.8 Å². The van der Waals surface area contributed by atoms with Crippen LogP contribution in [0.2, 0.25) is 0 Å². The molecule has 3 rings (SSSR count). The van der Waals surface area contributed by atoms with Crippen LogP contribution in [0.3, 0.4) is 0 Å². The maximum Gasteiger partial charge on any atom is 0.228 e. The van der Waals surface area contributed by atoms with E-state index in [-0.39, 0.29) is 29.4 Å². The van der Waals surface area contributed by atoms with Crippen LogP contribution in [-0.2, 0) is 14.6 Å². The van der Waals surface area contributed by atoms with E-state index in [1.807, 2.05) is 37.2 Å². The first-order valence-corrected chi connectivity index (χ1v) is 12.4. The highest BCUT2D eigenvalue weighted by Crippen LogP contribution is 2.32. The third kappa shape index (κ3) is 6.03. The van der Waals surface area contributed by atoms with Gasteiger partial charge in [-0.1, -0.05) is 29.5 Å². The lowest BCUT2D eigenvalue weighted by atomic mass is 10.3. The average molecular weight is 462 g/mol. The highest BCUT2D eigenvalue weighted by atomic mass is 32.2. The summed E-state index contributed by atoms with van der Waals surface area (Å²) in [6.07, 6.45) is 0.395. The van der Waals surface area contributed by atoms with Crippen LogP contribution in [0.15, 0.2) is 53.4 Å². The van der Waals surface area contributed by atoms with Crippen molar-refractivity contribution in [3.8, 4) is 5.75 Å². The number of aromatic nitrogens is 1. The standard InChI is InChI=1S/C22H27N3O4S2/c1-24(2)13-14-25(22-23-19-12-11-17(29-3)16-20(19)30-22)21(26)10-7-15-31(27,28)18-8-5-4-6-9-18/h4-6,8-9,11-12,16H,7,10,13-15H2,1-3H3. The van der Waals surface area contributed by atoms with Gasteiger partial charge in [-0.15, -0.1) is 0 Å². The lowest BCUT2D eigenvalue weighted by Crippen LogP contribution is -2.36. The van der Waals surface area contributed by atoms with Gasteiger partial charge in [0.1, 0.15) is 5.75 Å². The summed E-state index contributed by atoms with van der Waals surface area (Å²) in [6.45, 7) is 1.15. The van der Waals surface area contributed by atoms with Crippen LogP contribution >= 0.6 is 11.3 Å². The smallest absolute Gasteiger partial charge is 0.228 e. The number of ether oxygens (including phenoxy) is 1. The molecule has 1 amide bonds. The molecule has 0 saturated heterocycles. The Hall–Kier alpha value is -2.49. The molecule has 0 saturated carbocycles. The fourth-order valence-corrected chi connectivity index (χ4v) is 5.43. The lowest BCUT2D eigenvalue weighted by molar-refractivity contribution is -0.118. The number of rotatable bonds is 10. The quantitative estimate of drug-likeness (QED) is 0.460. The maximum atomic E-state index is 13.0. The van der Waals surface area contributed by atoms with Crippen molar-refractivity contribution in [2.24, 2.45) is 0 Å². The van der Waals surface area contributed by atoms with Crippen molar-refractivity contribution in [1.82, 2.24) is 9.88 Å². The number of fused-ring (bicyclic) bond motifs is 1. The first-order chi connectivity index (χ1) is 14.8. The van der Waals surface area contributed by atoms with E-state index in [1.165, 1.54) is 11.3 Å². The highest BCUT2D eigenvalue weighted by Gasteiger charge is 2.21. The van der Waals surface area contributed by atoms with E-state index in [0.717, 1.165) is 16.0 Å². The van der Waals surface area contributed by atoms with Crippen LogP contribution in [0.1, 0.15) is 12.8 Å². The molecule has 9 heteroatoms. The summed E-state index contributed by atoms with van der Waals surface area (Å²) in [7, 11) is 2.09. The Balaban J connectivity index is 1.73. The van der Waals surface area contributed by atoms with Gasteiger partial charge in [0, 0.05) is 19.5 Å². The van der Waals surface area contributed by atoms with Gasteiger partial charge in [-0.3, -0.25) is 9.69 Å². The summed E-state index contributed by atoms with van der Waals surface area (Å²) < 4.78 is 31.2. The fraction of sp³-hybridized carbons (Fsp3) is 0.364. The van der Waals surface area contributed by atoms with Crippen LogP contribution in [0, 0.1) is 0 Å². The maximum absolute atomic E-state index is 13.0. The Morgan fingerprint density at radius 2 is 1.84 bits per heavy atom. The number of carbonyl (C=O) groups excluding carboxylic acids is 1. The van der Waals surface area contributed by atoms with Gasteiger partial charge >= 0.3 is 0 Å². The number of likely N-dealkylation sites (N-methyl/N-ethyl adjacent to an activating group) is 1. The first kappa shape index (κ1) is 23.2. The van der Waals surface area contributed by atoms with Gasteiger partial charge in [0.15, 0.2) is 15.0 Å². The molecule has 0 spiro atoms. The van der Waals surface area contributed by atoms with E-state index in [2.05, 4.69) is 4.98 Å². The second-order valence-corrected chi connectivity index (χ2v) is 10.5. The number of methoxy groups -OCH3 is 1. The van der Waals surface area contributed by atoms with Crippen LogP contribution in [-0.4, -0.2) is 64.3 Å².